The summed E-state index contributed by atoms with van der Waals surface area (Å²) in [4.78, 5) is 10.1. The molecule has 2 N–H and O–H groups in total. The van der Waals surface area contributed by atoms with E-state index < -0.39 is 29.4 Å². The highest BCUT2D eigenvalue weighted by atomic mass is 19.3. The van der Waals surface area contributed by atoms with E-state index in [1.807, 2.05) is 0 Å². The molecule has 1 aromatic carbocycles. The first-order chi connectivity index (χ1) is 6.87. The maximum absolute atomic E-state index is 12.9. The van der Waals surface area contributed by atoms with Crippen molar-refractivity contribution in [2.24, 2.45) is 0 Å². The van der Waals surface area contributed by atoms with Crippen LogP contribution in [-0.4, -0.2) is 22.1 Å². The molecule has 3 nitrogen and oxygen atoms in total. The van der Waals surface area contributed by atoms with Crippen LogP contribution < -0.4 is 0 Å². The zero-order chi connectivity index (χ0) is 11.6. The Kier molecular flexibility index (Phi) is 2.99. The van der Waals surface area contributed by atoms with Crippen LogP contribution in [0.5, 0.6) is 0 Å². The Labute approximate surface area is 82.8 Å². The molecule has 1 aromatic rings. The lowest BCUT2D eigenvalue weighted by Crippen LogP contribution is -2.35. The van der Waals surface area contributed by atoms with Crippen molar-refractivity contribution < 1.29 is 28.2 Å². The van der Waals surface area contributed by atoms with E-state index in [1.54, 1.807) is 0 Å². The molecule has 0 spiro atoms. The van der Waals surface area contributed by atoms with Crippen molar-refractivity contribution in [2.45, 2.75) is 12.0 Å². The van der Waals surface area contributed by atoms with E-state index >= 15 is 0 Å². The molecule has 0 radical (unpaired) electrons. The Morgan fingerprint density at radius 1 is 1.33 bits per heavy atom. The fourth-order valence-corrected chi connectivity index (χ4v) is 1.01. The summed E-state index contributed by atoms with van der Waals surface area (Å²) in [6, 6.07) is 4.22. The van der Waals surface area contributed by atoms with Crippen LogP contribution in [0, 0.1) is 5.82 Å². The molecule has 0 aliphatic heterocycles. The first-order valence-corrected chi connectivity index (χ1v) is 3.91. The number of aliphatic carboxylic acids is 1. The van der Waals surface area contributed by atoms with Gasteiger partial charge in [-0.2, -0.15) is 8.78 Å². The smallest absolute Gasteiger partial charge is 0.377 e. The molecule has 82 valence electrons. The van der Waals surface area contributed by atoms with E-state index in [-0.39, 0.29) is 0 Å². The number of carboxylic acids is 1. The van der Waals surface area contributed by atoms with Gasteiger partial charge in [0.2, 0.25) is 0 Å². The zero-order valence-electron chi connectivity index (χ0n) is 7.32. The van der Waals surface area contributed by atoms with Gasteiger partial charge in [0, 0.05) is 5.56 Å². The van der Waals surface area contributed by atoms with E-state index in [9.17, 15) is 18.0 Å². The Bertz CT molecular complexity index is 379. The number of hydrogen-bond donors (Lipinski definition) is 2. The summed E-state index contributed by atoms with van der Waals surface area (Å²) in [5.74, 6) is -7.99. The van der Waals surface area contributed by atoms with Gasteiger partial charge in [-0.25, -0.2) is 9.18 Å². The molecule has 0 aromatic heterocycles. The van der Waals surface area contributed by atoms with Crippen molar-refractivity contribution in [1.82, 2.24) is 0 Å². The van der Waals surface area contributed by atoms with E-state index in [4.69, 9.17) is 10.2 Å². The summed E-state index contributed by atoms with van der Waals surface area (Å²) in [7, 11) is 0. The monoisotopic (exact) mass is 220 g/mol. The average Bonchev–Trinajstić information content (AvgIpc) is 2.17. The molecule has 0 amide bonds. The fraction of sp³-hybridized carbons (Fsp3) is 0.222. The van der Waals surface area contributed by atoms with E-state index in [2.05, 4.69) is 0 Å². The minimum Gasteiger partial charge on any atom is -0.477 e. The Morgan fingerprint density at radius 2 is 1.87 bits per heavy atom. The first-order valence-electron chi connectivity index (χ1n) is 3.91. The van der Waals surface area contributed by atoms with Crippen LogP contribution in [0.1, 0.15) is 11.7 Å². The number of halogens is 3. The van der Waals surface area contributed by atoms with E-state index in [1.165, 1.54) is 12.1 Å². The highest BCUT2D eigenvalue weighted by molar-refractivity contribution is 5.76. The normalized spacial score (nSPS) is 13.6. The van der Waals surface area contributed by atoms with Crippen LogP contribution in [0.3, 0.4) is 0 Å². The Balaban J connectivity index is 3.10. The molecule has 0 saturated carbocycles. The van der Waals surface area contributed by atoms with Crippen molar-refractivity contribution in [1.29, 1.82) is 0 Å². The maximum atomic E-state index is 12.9. The lowest BCUT2D eigenvalue weighted by atomic mass is 10.0. The van der Waals surface area contributed by atoms with E-state index in [0.717, 1.165) is 12.1 Å². The van der Waals surface area contributed by atoms with Crippen LogP contribution in [-0.2, 0) is 4.79 Å². The molecule has 0 saturated heterocycles. The molecule has 0 aliphatic carbocycles. The third-order valence-electron chi connectivity index (χ3n) is 1.83. The number of benzene rings is 1. The van der Waals surface area contributed by atoms with Gasteiger partial charge >= 0.3 is 11.9 Å². The molecule has 1 rings (SSSR count). The average molecular weight is 220 g/mol. The Morgan fingerprint density at radius 3 is 2.33 bits per heavy atom. The van der Waals surface area contributed by atoms with Crippen molar-refractivity contribution in [2.75, 3.05) is 0 Å². The highest BCUT2D eigenvalue weighted by Crippen LogP contribution is 2.32. The summed E-state index contributed by atoms with van der Waals surface area (Å²) in [5.41, 5.74) is -0.745. The van der Waals surface area contributed by atoms with Crippen molar-refractivity contribution >= 4 is 5.97 Å². The van der Waals surface area contributed by atoms with Crippen LogP contribution in [0.25, 0.3) is 0 Å². The molecule has 1 atom stereocenters. The molecule has 0 bridgehead atoms. The van der Waals surface area contributed by atoms with Gasteiger partial charge < -0.3 is 10.2 Å². The number of rotatable bonds is 3. The fourth-order valence-electron chi connectivity index (χ4n) is 1.01. The standard InChI is InChI=1S/C9H7F3O3/c10-6-4-2-1-3-5(6)7(13)9(11,12)8(14)15/h1-4,7,13H,(H,14,15). The number of alkyl halides is 2. The molecular formula is C9H7F3O3. The minimum atomic E-state index is -4.41. The lowest BCUT2D eigenvalue weighted by Gasteiger charge is -2.18. The van der Waals surface area contributed by atoms with Gasteiger partial charge in [-0.15, -0.1) is 0 Å². The molecule has 0 fully saturated rings. The minimum absolute atomic E-state index is 0.745. The third-order valence-corrected chi connectivity index (χ3v) is 1.83. The summed E-state index contributed by atoms with van der Waals surface area (Å²) < 4.78 is 38.5. The molecule has 1 unspecified atom stereocenters. The van der Waals surface area contributed by atoms with Crippen molar-refractivity contribution in [3.8, 4) is 0 Å². The lowest BCUT2D eigenvalue weighted by molar-refractivity contribution is -0.183. The van der Waals surface area contributed by atoms with Crippen LogP contribution in [0.15, 0.2) is 24.3 Å². The number of hydrogen-bond acceptors (Lipinski definition) is 2. The SMILES string of the molecule is O=C(O)C(F)(F)C(O)c1ccccc1F. The predicted octanol–water partition coefficient (Wildman–Crippen LogP) is 1.58. The van der Waals surface area contributed by atoms with Gasteiger partial charge in [-0.05, 0) is 6.07 Å². The molecule has 15 heavy (non-hydrogen) atoms. The van der Waals surface area contributed by atoms with Crippen molar-refractivity contribution in [3.05, 3.63) is 35.6 Å². The van der Waals surface area contributed by atoms with Gasteiger partial charge in [0.1, 0.15) is 5.82 Å². The maximum Gasteiger partial charge on any atom is 0.377 e. The number of carboxylic acid groups (broad SMARTS) is 1. The molecular weight excluding hydrogens is 213 g/mol. The van der Waals surface area contributed by atoms with Gasteiger partial charge in [0.05, 0.1) is 0 Å². The second-order valence-corrected chi connectivity index (χ2v) is 2.85. The second-order valence-electron chi connectivity index (χ2n) is 2.85. The summed E-state index contributed by atoms with van der Waals surface area (Å²) in [6.07, 6.45) is -2.70. The van der Waals surface area contributed by atoms with Gasteiger partial charge in [0.15, 0.2) is 6.10 Å². The van der Waals surface area contributed by atoms with E-state index in [0.29, 0.717) is 0 Å². The molecule has 0 heterocycles. The van der Waals surface area contributed by atoms with Gasteiger partial charge in [0.25, 0.3) is 0 Å². The summed E-state index contributed by atoms with van der Waals surface area (Å²) in [5, 5.41) is 17.2. The largest absolute Gasteiger partial charge is 0.477 e. The van der Waals surface area contributed by atoms with Crippen LogP contribution in [0.2, 0.25) is 0 Å². The highest BCUT2D eigenvalue weighted by Gasteiger charge is 2.48. The molecule has 0 aliphatic rings. The van der Waals surface area contributed by atoms with Crippen LogP contribution in [0.4, 0.5) is 13.2 Å². The summed E-state index contributed by atoms with van der Waals surface area (Å²) >= 11 is 0. The summed E-state index contributed by atoms with van der Waals surface area (Å²) in [6.45, 7) is 0. The number of carbonyl (C=O) groups is 1. The quantitative estimate of drug-likeness (QED) is 0.813. The van der Waals surface area contributed by atoms with Gasteiger partial charge in [-0.3, -0.25) is 0 Å². The molecule has 6 heteroatoms. The number of aliphatic hydroxyl groups excluding tert-OH is 1. The van der Waals surface area contributed by atoms with Gasteiger partial charge in [-0.1, -0.05) is 18.2 Å². The predicted molar refractivity (Wildman–Crippen MR) is 43.9 cm³/mol. The third kappa shape index (κ3) is 2.10. The van der Waals surface area contributed by atoms with Crippen LogP contribution >= 0.6 is 0 Å². The Hall–Kier alpha value is -1.56. The topological polar surface area (TPSA) is 57.5 Å². The zero-order valence-corrected chi connectivity index (χ0v) is 7.32. The van der Waals surface area contributed by atoms with Crippen molar-refractivity contribution in [3.63, 3.8) is 0 Å². The second kappa shape index (κ2) is 3.90. The number of aliphatic hydroxyl groups is 1. The first kappa shape index (κ1) is 11.5.